The number of hydrogen-bond acceptors (Lipinski definition) is 4. The fraction of sp³-hybridized carbons (Fsp3) is 0.100. The maximum Gasteiger partial charge on any atom is 0.142 e. The molecule has 4 nitrogen and oxygen atoms in total. The highest BCUT2D eigenvalue weighted by atomic mass is 35.5. The summed E-state index contributed by atoms with van der Waals surface area (Å²) in [7, 11) is 1.62. The van der Waals surface area contributed by atoms with Gasteiger partial charge in [0.2, 0.25) is 0 Å². The fourth-order valence-electron chi connectivity index (χ4n) is 2.84. The highest BCUT2D eigenvalue weighted by Crippen LogP contribution is 2.38. The van der Waals surface area contributed by atoms with Crippen LogP contribution in [0.15, 0.2) is 48.5 Å². The van der Waals surface area contributed by atoms with E-state index in [1.807, 2.05) is 49.4 Å². The summed E-state index contributed by atoms with van der Waals surface area (Å²) >= 11 is 6.36. The molecule has 0 aliphatic carbocycles. The van der Waals surface area contributed by atoms with E-state index in [9.17, 15) is 5.26 Å². The summed E-state index contributed by atoms with van der Waals surface area (Å²) in [5.41, 5.74) is 10.4. The van der Waals surface area contributed by atoms with Crippen molar-refractivity contribution in [3.63, 3.8) is 0 Å². The van der Waals surface area contributed by atoms with E-state index in [1.54, 1.807) is 13.2 Å². The highest BCUT2D eigenvalue weighted by Gasteiger charge is 2.19. The van der Waals surface area contributed by atoms with Crippen LogP contribution < -0.4 is 10.5 Å². The third-order valence-corrected chi connectivity index (χ3v) is 4.42. The fourth-order valence-corrected chi connectivity index (χ4v) is 3.07. The Morgan fingerprint density at radius 2 is 1.80 bits per heavy atom. The van der Waals surface area contributed by atoms with Crippen LogP contribution in [-0.2, 0) is 0 Å². The van der Waals surface area contributed by atoms with E-state index in [0.29, 0.717) is 21.8 Å². The number of halogens is 1. The molecule has 0 atom stereocenters. The Kier molecular flexibility index (Phi) is 4.60. The minimum absolute atomic E-state index is 0.189. The molecule has 2 aromatic carbocycles. The number of aromatic nitrogens is 1. The summed E-state index contributed by atoms with van der Waals surface area (Å²) in [4.78, 5) is 4.46. The van der Waals surface area contributed by atoms with Crippen molar-refractivity contribution in [3.05, 3.63) is 64.7 Å². The first-order chi connectivity index (χ1) is 12.1. The molecule has 0 aliphatic heterocycles. The van der Waals surface area contributed by atoms with Gasteiger partial charge in [-0.25, -0.2) is 4.98 Å². The molecule has 124 valence electrons. The van der Waals surface area contributed by atoms with E-state index in [2.05, 4.69) is 11.1 Å². The first-order valence-electron chi connectivity index (χ1n) is 7.66. The van der Waals surface area contributed by atoms with E-state index in [-0.39, 0.29) is 5.82 Å². The molecule has 3 rings (SSSR count). The van der Waals surface area contributed by atoms with Gasteiger partial charge in [0.1, 0.15) is 23.2 Å². The number of nitrogens with two attached hydrogens (primary N) is 1. The maximum atomic E-state index is 9.58. The number of nitrogens with zero attached hydrogens (tertiary/aromatic N) is 2. The molecule has 0 saturated heterocycles. The topological polar surface area (TPSA) is 71.9 Å². The Morgan fingerprint density at radius 1 is 1.12 bits per heavy atom. The number of ether oxygens (including phenoxy) is 1. The van der Waals surface area contributed by atoms with Gasteiger partial charge in [-0.3, -0.25) is 0 Å². The Labute approximate surface area is 151 Å². The summed E-state index contributed by atoms with van der Waals surface area (Å²) < 4.78 is 5.20. The molecule has 0 aliphatic rings. The van der Waals surface area contributed by atoms with Crippen LogP contribution in [0.4, 0.5) is 5.82 Å². The molecule has 0 spiro atoms. The minimum atomic E-state index is 0.189. The quantitative estimate of drug-likeness (QED) is 0.734. The molecular weight excluding hydrogens is 334 g/mol. The lowest BCUT2D eigenvalue weighted by atomic mass is 9.93. The van der Waals surface area contributed by atoms with Crippen molar-refractivity contribution in [2.75, 3.05) is 12.8 Å². The summed E-state index contributed by atoms with van der Waals surface area (Å²) in [6.07, 6.45) is 0. The molecule has 0 radical (unpaired) electrons. The first kappa shape index (κ1) is 16.8. The Hall–Kier alpha value is -3.03. The number of anilines is 1. The smallest absolute Gasteiger partial charge is 0.142 e. The zero-order valence-electron chi connectivity index (χ0n) is 13.9. The van der Waals surface area contributed by atoms with Gasteiger partial charge in [0.25, 0.3) is 0 Å². The van der Waals surface area contributed by atoms with E-state index in [4.69, 9.17) is 22.1 Å². The second-order valence-corrected chi connectivity index (χ2v) is 5.95. The van der Waals surface area contributed by atoms with Crippen LogP contribution in [0.3, 0.4) is 0 Å². The van der Waals surface area contributed by atoms with E-state index >= 15 is 0 Å². The first-order valence-corrected chi connectivity index (χ1v) is 8.04. The molecule has 0 unspecified atom stereocenters. The van der Waals surface area contributed by atoms with Crippen LogP contribution >= 0.6 is 11.6 Å². The molecule has 0 amide bonds. The van der Waals surface area contributed by atoms with Gasteiger partial charge in [-0.1, -0.05) is 29.8 Å². The predicted octanol–water partition coefficient (Wildman–Crippen LogP) is 4.84. The van der Waals surface area contributed by atoms with Crippen LogP contribution in [-0.4, -0.2) is 12.1 Å². The number of nitriles is 1. The zero-order chi connectivity index (χ0) is 18.0. The molecule has 1 heterocycles. The summed E-state index contributed by atoms with van der Waals surface area (Å²) in [6.45, 7) is 1.92. The molecule has 1 aromatic heterocycles. The van der Waals surface area contributed by atoms with Crippen LogP contribution in [0, 0.1) is 18.3 Å². The van der Waals surface area contributed by atoms with Gasteiger partial charge in [0.15, 0.2) is 0 Å². The van der Waals surface area contributed by atoms with Crippen molar-refractivity contribution in [1.82, 2.24) is 4.98 Å². The molecular formula is C20H16ClN3O. The number of benzene rings is 2. The predicted molar refractivity (Wildman–Crippen MR) is 101 cm³/mol. The number of nitrogen functional groups attached to an aromatic ring is 1. The second kappa shape index (κ2) is 6.84. The van der Waals surface area contributed by atoms with Gasteiger partial charge < -0.3 is 10.5 Å². The van der Waals surface area contributed by atoms with Crippen molar-refractivity contribution in [2.45, 2.75) is 6.92 Å². The van der Waals surface area contributed by atoms with Gasteiger partial charge in [-0.05, 0) is 42.8 Å². The maximum absolute atomic E-state index is 9.58. The number of rotatable bonds is 3. The van der Waals surface area contributed by atoms with Gasteiger partial charge in [-0.15, -0.1) is 0 Å². The van der Waals surface area contributed by atoms with Gasteiger partial charge in [-0.2, -0.15) is 5.26 Å². The normalized spacial score (nSPS) is 10.3. The van der Waals surface area contributed by atoms with Crippen molar-refractivity contribution >= 4 is 17.4 Å². The van der Waals surface area contributed by atoms with Crippen molar-refractivity contribution in [1.29, 1.82) is 5.26 Å². The summed E-state index contributed by atoms with van der Waals surface area (Å²) in [6, 6.07) is 17.1. The molecule has 3 aromatic rings. The molecule has 0 bridgehead atoms. The third kappa shape index (κ3) is 3.02. The average Bonchev–Trinajstić information content (AvgIpc) is 2.64. The molecule has 5 heteroatoms. The second-order valence-electron chi connectivity index (χ2n) is 5.54. The molecule has 25 heavy (non-hydrogen) atoms. The highest BCUT2D eigenvalue weighted by molar-refractivity contribution is 6.33. The van der Waals surface area contributed by atoms with E-state index < -0.39 is 0 Å². The number of methoxy groups -OCH3 is 1. The lowest BCUT2D eigenvalue weighted by Gasteiger charge is -2.16. The lowest BCUT2D eigenvalue weighted by Crippen LogP contribution is -2.03. The Balaban J connectivity index is 2.29. The van der Waals surface area contributed by atoms with Crippen LogP contribution in [0.1, 0.15) is 11.1 Å². The largest absolute Gasteiger partial charge is 0.497 e. The van der Waals surface area contributed by atoms with Crippen LogP contribution in [0.25, 0.3) is 22.4 Å². The molecule has 0 saturated carbocycles. The Morgan fingerprint density at radius 3 is 2.40 bits per heavy atom. The number of pyridine rings is 1. The Bertz CT molecular complexity index is 975. The summed E-state index contributed by atoms with van der Waals surface area (Å²) in [5, 5.41) is 10.1. The monoisotopic (exact) mass is 349 g/mol. The average molecular weight is 350 g/mol. The van der Waals surface area contributed by atoms with Crippen molar-refractivity contribution in [3.8, 4) is 34.2 Å². The van der Waals surface area contributed by atoms with Crippen molar-refractivity contribution in [2.24, 2.45) is 0 Å². The zero-order valence-corrected chi connectivity index (χ0v) is 14.6. The standard InChI is InChI=1S/C20H16ClN3O/c1-12-18(15-5-3-4-6-17(15)21)16(11-22)20(23)24-19(12)13-7-9-14(25-2)10-8-13/h3-10H,1-2H3,(H2,23,24). The van der Waals surface area contributed by atoms with Gasteiger partial charge in [0.05, 0.1) is 12.8 Å². The molecule has 2 N–H and O–H groups in total. The number of hydrogen-bond donors (Lipinski definition) is 1. The summed E-state index contributed by atoms with van der Waals surface area (Å²) in [5.74, 6) is 0.947. The van der Waals surface area contributed by atoms with E-state index in [0.717, 1.165) is 22.4 Å². The van der Waals surface area contributed by atoms with Gasteiger partial charge in [0, 0.05) is 21.7 Å². The van der Waals surface area contributed by atoms with Crippen LogP contribution in [0.5, 0.6) is 5.75 Å². The van der Waals surface area contributed by atoms with Gasteiger partial charge >= 0.3 is 0 Å². The van der Waals surface area contributed by atoms with Crippen molar-refractivity contribution < 1.29 is 4.74 Å². The third-order valence-electron chi connectivity index (χ3n) is 4.09. The SMILES string of the molecule is COc1ccc(-c2nc(N)c(C#N)c(-c3ccccc3Cl)c2C)cc1. The van der Waals surface area contributed by atoms with Crippen LogP contribution in [0.2, 0.25) is 5.02 Å². The minimum Gasteiger partial charge on any atom is -0.497 e. The van der Waals surface area contributed by atoms with E-state index in [1.165, 1.54) is 0 Å². The lowest BCUT2D eigenvalue weighted by molar-refractivity contribution is 0.415. The molecule has 0 fully saturated rings.